The monoisotopic (exact) mass is 569 g/mol. The molecule has 9 heteroatoms. The topological polar surface area (TPSA) is 86.8 Å². The molecule has 0 saturated heterocycles. The molecule has 0 aliphatic carbocycles. The summed E-state index contributed by atoms with van der Waals surface area (Å²) in [5.41, 5.74) is 2.77. The molecule has 3 aromatic rings. The molecule has 0 spiro atoms. The van der Waals surface area contributed by atoms with Gasteiger partial charge < -0.3 is 10.2 Å². The summed E-state index contributed by atoms with van der Waals surface area (Å²) in [6, 6.07) is 20.4. The summed E-state index contributed by atoms with van der Waals surface area (Å²) in [6.45, 7) is 7.44. The lowest BCUT2D eigenvalue weighted by Gasteiger charge is -2.33. The summed E-state index contributed by atoms with van der Waals surface area (Å²) in [7, 11) is -4.14. The van der Waals surface area contributed by atoms with Crippen molar-refractivity contribution in [3.8, 4) is 0 Å². The Hall–Kier alpha value is -3.36. The molecule has 0 heterocycles. The Bertz CT molecular complexity index is 1380. The second-order valence-electron chi connectivity index (χ2n) is 9.35. The van der Waals surface area contributed by atoms with Gasteiger partial charge in [-0.15, -0.1) is 0 Å². The van der Waals surface area contributed by atoms with Gasteiger partial charge in [-0.1, -0.05) is 72.6 Å². The number of anilines is 1. The molecule has 2 amide bonds. The molecule has 0 fully saturated rings. The maximum Gasteiger partial charge on any atom is 0.264 e. The van der Waals surface area contributed by atoms with E-state index in [1.54, 1.807) is 37.3 Å². The van der Waals surface area contributed by atoms with Gasteiger partial charge in [-0.25, -0.2) is 8.42 Å². The molecule has 208 valence electrons. The Morgan fingerprint density at radius 3 is 2.21 bits per heavy atom. The second-order valence-corrected chi connectivity index (χ2v) is 11.6. The van der Waals surface area contributed by atoms with Crippen LogP contribution >= 0.6 is 11.6 Å². The zero-order valence-corrected chi connectivity index (χ0v) is 24.4. The number of rotatable bonds is 12. The summed E-state index contributed by atoms with van der Waals surface area (Å²) >= 11 is 6.37. The van der Waals surface area contributed by atoms with E-state index in [4.69, 9.17) is 11.6 Å². The van der Waals surface area contributed by atoms with Gasteiger partial charge in [0.05, 0.1) is 10.6 Å². The molecule has 0 radical (unpaired) electrons. The molecule has 3 rings (SSSR count). The van der Waals surface area contributed by atoms with Crippen LogP contribution in [-0.4, -0.2) is 50.8 Å². The fourth-order valence-electron chi connectivity index (χ4n) is 4.40. The maximum atomic E-state index is 14.0. The smallest absolute Gasteiger partial charge is 0.264 e. The highest BCUT2D eigenvalue weighted by Gasteiger charge is 2.34. The lowest BCUT2D eigenvalue weighted by Crippen LogP contribution is -2.53. The molecule has 1 atom stereocenters. The third kappa shape index (κ3) is 7.40. The Kier molecular flexibility index (Phi) is 10.5. The van der Waals surface area contributed by atoms with Crippen LogP contribution in [0.5, 0.6) is 0 Å². The van der Waals surface area contributed by atoms with Gasteiger partial charge in [0.2, 0.25) is 11.8 Å². The fourth-order valence-corrected chi connectivity index (χ4v) is 6.05. The molecule has 0 bridgehead atoms. The molecule has 0 aliphatic rings. The average Bonchev–Trinajstić information content (AvgIpc) is 2.92. The van der Waals surface area contributed by atoms with E-state index in [2.05, 4.69) is 5.32 Å². The van der Waals surface area contributed by atoms with E-state index < -0.39 is 28.5 Å². The van der Waals surface area contributed by atoms with E-state index in [9.17, 15) is 18.0 Å². The van der Waals surface area contributed by atoms with Crippen molar-refractivity contribution in [3.63, 3.8) is 0 Å². The summed E-state index contributed by atoms with van der Waals surface area (Å²) in [4.78, 5) is 28.5. The van der Waals surface area contributed by atoms with Crippen LogP contribution in [0.2, 0.25) is 5.02 Å². The van der Waals surface area contributed by atoms with Crippen molar-refractivity contribution in [2.45, 2.75) is 51.5 Å². The van der Waals surface area contributed by atoms with Gasteiger partial charge in [0, 0.05) is 18.1 Å². The van der Waals surface area contributed by atoms with Gasteiger partial charge in [0.15, 0.2) is 0 Å². The van der Waals surface area contributed by atoms with E-state index >= 15 is 0 Å². The Morgan fingerprint density at radius 2 is 1.59 bits per heavy atom. The normalized spacial score (nSPS) is 12.0. The van der Waals surface area contributed by atoms with Gasteiger partial charge in [-0.2, -0.15) is 0 Å². The van der Waals surface area contributed by atoms with Crippen molar-refractivity contribution in [2.24, 2.45) is 0 Å². The van der Waals surface area contributed by atoms with Crippen molar-refractivity contribution < 1.29 is 18.0 Å². The number of sulfonamides is 1. The molecule has 39 heavy (non-hydrogen) atoms. The fraction of sp³-hybridized carbons (Fsp3) is 0.333. The zero-order chi connectivity index (χ0) is 28.6. The van der Waals surface area contributed by atoms with Gasteiger partial charge >= 0.3 is 0 Å². The first kappa shape index (κ1) is 30.2. The van der Waals surface area contributed by atoms with Crippen molar-refractivity contribution in [1.82, 2.24) is 10.2 Å². The standard InChI is InChI=1S/C30H36ClN3O4S/c1-5-27(30(36)32-6-2)33(20-19-24-11-8-7-9-12-24)29(35)21-34(28-14-10-13-26(31)23(28)4)39(37,38)25-17-15-22(3)16-18-25/h7-18,27H,5-6,19-21H2,1-4H3,(H,32,36)/t27-/m0/s1. The van der Waals surface area contributed by atoms with Gasteiger partial charge in [0.25, 0.3) is 10.0 Å². The number of nitrogens with zero attached hydrogens (tertiary/aromatic N) is 2. The largest absolute Gasteiger partial charge is 0.355 e. The zero-order valence-electron chi connectivity index (χ0n) is 22.9. The lowest BCUT2D eigenvalue weighted by molar-refractivity contribution is -0.139. The number of hydrogen-bond acceptors (Lipinski definition) is 4. The number of likely N-dealkylation sites (N-methyl/N-ethyl adjacent to an activating group) is 1. The third-order valence-corrected chi connectivity index (χ3v) is 8.80. The predicted molar refractivity (Wildman–Crippen MR) is 157 cm³/mol. The SMILES string of the molecule is CCNC(=O)[C@H](CC)N(CCc1ccccc1)C(=O)CN(c1cccc(Cl)c1C)S(=O)(=O)c1ccc(C)cc1. The number of benzene rings is 3. The molecule has 0 aromatic heterocycles. The van der Waals surface area contributed by atoms with Crippen LogP contribution in [0, 0.1) is 13.8 Å². The number of hydrogen-bond donors (Lipinski definition) is 1. The van der Waals surface area contributed by atoms with Crippen molar-refractivity contribution in [2.75, 3.05) is 23.9 Å². The van der Waals surface area contributed by atoms with Gasteiger partial charge in [-0.05, 0) is 69.0 Å². The number of halogens is 1. The van der Waals surface area contributed by atoms with Crippen LogP contribution in [0.3, 0.4) is 0 Å². The number of carbonyl (C=O) groups excluding carboxylic acids is 2. The van der Waals surface area contributed by atoms with E-state index in [-0.39, 0.29) is 17.3 Å². The van der Waals surface area contributed by atoms with Crippen LogP contribution in [0.4, 0.5) is 5.69 Å². The molecule has 1 N–H and O–H groups in total. The van der Waals surface area contributed by atoms with Gasteiger partial charge in [-0.3, -0.25) is 13.9 Å². The molecule has 3 aromatic carbocycles. The summed E-state index contributed by atoms with van der Waals surface area (Å²) < 4.78 is 29.0. The number of amides is 2. The first-order valence-corrected chi connectivity index (χ1v) is 14.9. The quantitative estimate of drug-likeness (QED) is 0.327. The predicted octanol–water partition coefficient (Wildman–Crippen LogP) is 5.14. The number of aryl methyl sites for hydroxylation is 1. The van der Waals surface area contributed by atoms with Crippen LogP contribution in [0.15, 0.2) is 77.7 Å². The van der Waals surface area contributed by atoms with Crippen molar-refractivity contribution in [1.29, 1.82) is 0 Å². The molecule has 0 aliphatic heterocycles. The van der Waals surface area contributed by atoms with Crippen LogP contribution in [0.25, 0.3) is 0 Å². The molecular formula is C30H36ClN3O4S. The van der Waals surface area contributed by atoms with E-state index in [0.29, 0.717) is 35.7 Å². The van der Waals surface area contributed by atoms with Crippen LogP contribution < -0.4 is 9.62 Å². The minimum Gasteiger partial charge on any atom is -0.355 e. The molecule has 0 saturated carbocycles. The van der Waals surface area contributed by atoms with Gasteiger partial charge in [0.1, 0.15) is 12.6 Å². The molecular weight excluding hydrogens is 534 g/mol. The molecule has 0 unspecified atom stereocenters. The highest BCUT2D eigenvalue weighted by atomic mass is 35.5. The minimum absolute atomic E-state index is 0.0619. The third-order valence-electron chi connectivity index (χ3n) is 6.62. The highest BCUT2D eigenvalue weighted by Crippen LogP contribution is 2.31. The average molecular weight is 570 g/mol. The number of nitrogens with one attached hydrogen (secondary N) is 1. The summed E-state index contributed by atoms with van der Waals surface area (Å²) in [5, 5.41) is 3.20. The Balaban J connectivity index is 2.05. The first-order chi connectivity index (χ1) is 18.6. The second kappa shape index (κ2) is 13.6. The maximum absolute atomic E-state index is 14.0. The van der Waals surface area contributed by atoms with Crippen LogP contribution in [0.1, 0.15) is 37.0 Å². The lowest BCUT2D eigenvalue weighted by atomic mass is 10.1. The molecule has 7 nitrogen and oxygen atoms in total. The van der Waals surface area contributed by atoms with Crippen molar-refractivity contribution in [3.05, 3.63) is 94.5 Å². The first-order valence-electron chi connectivity index (χ1n) is 13.1. The van der Waals surface area contributed by atoms with Crippen molar-refractivity contribution >= 4 is 39.1 Å². The van der Waals surface area contributed by atoms with Crippen LogP contribution in [-0.2, 0) is 26.0 Å². The minimum atomic E-state index is -4.14. The Morgan fingerprint density at radius 1 is 0.923 bits per heavy atom. The number of carbonyl (C=O) groups is 2. The van der Waals surface area contributed by atoms with E-state index in [1.165, 1.54) is 17.0 Å². The van der Waals surface area contributed by atoms with E-state index in [0.717, 1.165) is 15.4 Å². The summed E-state index contributed by atoms with van der Waals surface area (Å²) in [5.74, 6) is -0.743. The highest BCUT2D eigenvalue weighted by molar-refractivity contribution is 7.92. The van der Waals surface area contributed by atoms with E-state index in [1.807, 2.05) is 51.1 Å². The summed E-state index contributed by atoms with van der Waals surface area (Å²) in [6.07, 6.45) is 0.899. The Labute approximate surface area is 236 Å².